The molecule has 3 N–H and O–H groups in total. The van der Waals surface area contributed by atoms with Crippen molar-refractivity contribution in [1.82, 2.24) is 10.6 Å². The number of nitrogens with one attached hydrogen (secondary N) is 2. The molecule has 0 radical (unpaired) electrons. The van der Waals surface area contributed by atoms with E-state index in [1.165, 1.54) is 11.1 Å². The molecular weight excluding hydrogens is 432 g/mol. The van der Waals surface area contributed by atoms with Crippen molar-refractivity contribution in [2.45, 2.75) is 44.1 Å². The fourth-order valence-electron chi connectivity index (χ4n) is 5.55. The molecule has 5 rings (SSSR count). The number of carbonyl (C=O) groups excluding carboxylic acids is 2. The van der Waals surface area contributed by atoms with Crippen molar-refractivity contribution in [3.63, 3.8) is 0 Å². The topological polar surface area (TPSA) is 105 Å². The van der Waals surface area contributed by atoms with Crippen LogP contribution in [0.25, 0.3) is 11.1 Å². The van der Waals surface area contributed by atoms with Crippen LogP contribution >= 0.6 is 0 Å². The van der Waals surface area contributed by atoms with Crippen LogP contribution in [-0.4, -0.2) is 42.3 Å². The first-order valence-corrected chi connectivity index (χ1v) is 12.1. The Balaban J connectivity index is 1.09. The summed E-state index contributed by atoms with van der Waals surface area (Å²) in [5, 5.41) is 15.1. The Labute approximate surface area is 198 Å². The van der Waals surface area contributed by atoms with Crippen LogP contribution < -0.4 is 10.6 Å². The molecule has 2 fully saturated rings. The fraction of sp³-hybridized carbons (Fsp3) is 0.444. The molecule has 2 saturated carbocycles. The summed E-state index contributed by atoms with van der Waals surface area (Å²) in [6.07, 6.45) is 3.35. The van der Waals surface area contributed by atoms with Crippen molar-refractivity contribution >= 4 is 18.0 Å². The maximum absolute atomic E-state index is 12.6. The van der Waals surface area contributed by atoms with E-state index < -0.39 is 18.0 Å². The standard InChI is InChI=1S/C27H30N2O5/c30-25(29-24-12-6-5-11-21(24)26(31)32)22-13-16(22)14-28-27(33)34-15-23-19-9-3-1-7-17(19)18-8-2-4-10-20(18)23/h1-4,7-10,16,21-24H,5-6,11-15H2,(H,28,33)(H,29,30)(H,31,32)/t16?,21-,22?,24+/m1/s1. The summed E-state index contributed by atoms with van der Waals surface area (Å²) in [7, 11) is 0. The predicted octanol–water partition coefficient (Wildman–Crippen LogP) is 3.92. The second-order valence-corrected chi connectivity index (χ2v) is 9.65. The van der Waals surface area contributed by atoms with E-state index in [9.17, 15) is 19.5 Å². The normalized spacial score (nSPS) is 25.1. The number of carboxylic acids is 1. The highest BCUT2D eigenvalue weighted by Gasteiger charge is 2.44. The van der Waals surface area contributed by atoms with Crippen LogP contribution in [0, 0.1) is 17.8 Å². The second-order valence-electron chi connectivity index (χ2n) is 9.65. The van der Waals surface area contributed by atoms with Crippen molar-refractivity contribution in [1.29, 1.82) is 0 Å². The van der Waals surface area contributed by atoms with Gasteiger partial charge in [0.2, 0.25) is 5.91 Å². The monoisotopic (exact) mass is 462 g/mol. The summed E-state index contributed by atoms with van der Waals surface area (Å²) in [4.78, 5) is 36.4. The van der Waals surface area contributed by atoms with Crippen LogP contribution in [0.15, 0.2) is 48.5 Å². The van der Waals surface area contributed by atoms with E-state index in [0.29, 0.717) is 25.8 Å². The summed E-state index contributed by atoms with van der Waals surface area (Å²) in [5.74, 6) is -1.55. The molecule has 2 aromatic carbocycles. The molecule has 7 heteroatoms. The van der Waals surface area contributed by atoms with Gasteiger partial charge in [-0.3, -0.25) is 9.59 Å². The Morgan fingerprint density at radius 3 is 2.24 bits per heavy atom. The van der Waals surface area contributed by atoms with Gasteiger partial charge in [-0.2, -0.15) is 0 Å². The molecule has 2 unspecified atom stereocenters. The minimum atomic E-state index is -0.839. The van der Waals surface area contributed by atoms with Gasteiger partial charge in [-0.1, -0.05) is 61.4 Å². The quantitative estimate of drug-likeness (QED) is 0.579. The first-order valence-electron chi connectivity index (χ1n) is 12.1. The lowest BCUT2D eigenvalue weighted by Crippen LogP contribution is -2.46. The van der Waals surface area contributed by atoms with Crippen LogP contribution in [0.4, 0.5) is 4.79 Å². The van der Waals surface area contributed by atoms with Crippen molar-refractivity contribution < 1.29 is 24.2 Å². The SMILES string of the molecule is O=C(NCC1CC1C(=O)N[C@H]1CCCC[C@H]1C(=O)O)OCC1c2ccccc2-c2ccccc21. The molecule has 178 valence electrons. The molecular formula is C27H30N2O5. The maximum atomic E-state index is 12.6. The highest BCUT2D eigenvalue weighted by atomic mass is 16.5. The summed E-state index contributed by atoms with van der Waals surface area (Å²) in [6, 6.07) is 16.1. The molecule has 0 heterocycles. The Hall–Kier alpha value is -3.35. The van der Waals surface area contributed by atoms with Gasteiger partial charge in [0.1, 0.15) is 6.61 Å². The second kappa shape index (κ2) is 9.49. The van der Waals surface area contributed by atoms with Gasteiger partial charge >= 0.3 is 12.1 Å². The number of benzene rings is 2. The predicted molar refractivity (Wildman–Crippen MR) is 126 cm³/mol. The molecule has 34 heavy (non-hydrogen) atoms. The third kappa shape index (κ3) is 4.52. The molecule has 7 nitrogen and oxygen atoms in total. The van der Waals surface area contributed by atoms with Gasteiger partial charge in [-0.15, -0.1) is 0 Å². The zero-order chi connectivity index (χ0) is 23.7. The Kier molecular flexibility index (Phi) is 6.26. The number of carboxylic acid groups (broad SMARTS) is 1. The number of amides is 2. The van der Waals surface area contributed by atoms with Gasteiger partial charge in [0.15, 0.2) is 0 Å². The minimum Gasteiger partial charge on any atom is -0.481 e. The van der Waals surface area contributed by atoms with Crippen LogP contribution in [-0.2, 0) is 14.3 Å². The smallest absolute Gasteiger partial charge is 0.407 e. The zero-order valence-corrected chi connectivity index (χ0v) is 19.0. The summed E-state index contributed by atoms with van der Waals surface area (Å²) in [5.41, 5.74) is 4.69. The van der Waals surface area contributed by atoms with E-state index in [-0.39, 0.29) is 36.3 Å². The molecule has 4 atom stereocenters. The average Bonchev–Trinajstić information content (AvgIpc) is 3.57. The third-order valence-corrected chi connectivity index (χ3v) is 7.52. The number of alkyl carbamates (subject to hydrolysis) is 1. The van der Waals surface area contributed by atoms with Crippen molar-refractivity contribution in [2.75, 3.05) is 13.2 Å². The average molecular weight is 463 g/mol. The summed E-state index contributed by atoms with van der Waals surface area (Å²) in [6.45, 7) is 0.633. The fourth-order valence-corrected chi connectivity index (χ4v) is 5.55. The zero-order valence-electron chi connectivity index (χ0n) is 19.0. The van der Waals surface area contributed by atoms with E-state index in [4.69, 9.17) is 4.74 Å². The van der Waals surface area contributed by atoms with Gasteiger partial charge < -0.3 is 20.5 Å². The molecule has 2 aromatic rings. The maximum Gasteiger partial charge on any atom is 0.407 e. The minimum absolute atomic E-state index is 0.00951. The largest absolute Gasteiger partial charge is 0.481 e. The lowest BCUT2D eigenvalue weighted by molar-refractivity contribution is -0.144. The first kappa shape index (κ1) is 22.4. The lowest BCUT2D eigenvalue weighted by Gasteiger charge is -2.29. The highest BCUT2D eigenvalue weighted by molar-refractivity contribution is 5.83. The Morgan fingerprint density at radius 1 is 0.912 bits per heavy atom. The van der Waals surface area contributed by atoms with Gasteiger partial charge in [-0.05, 0) is 47.4 Å². The van der Waals surface area contributed by atoms with Crippen molar-refractivity contribution in [2.24, 2.45) is 17.8 Å². The molecule has 0 saturated heterocycles. The number of ether oxygens (including phenoxy) is 1. The lowest BCUT2D eigenvalue weighted by atomic mass is 9.84. The molecule has 0 aliphatic heterocycles. The van der Waals surface area contributed by atoms with Gasteiger partial charge in [0, 0.05) is 24.4 Å². The van der Waals surface area contributed by atoms with Crippen LogP contribution in [0.1, 0.15) is 49.1 Å². The van der Waals surface area contributed by atoms with Gasteiger partial charge in [0.25, 0.3) is 0 Å². The van der Waals surface area contributed by atoms with E-state index in [1.54, 1.807) is 0 Å². The third-order valence-electron chi connectivity index (χ3n) is 7.52. The summed E-state index contributed by atoms with van der Waals surface area (Å²) >= 11 is 0. The molecule has 3 aliphatic carbocycles. The number of aliphatic carboxylic acids is 1. The molecule has 3 aliphatic rings. The first-order chi connectivity index (χ1) is 16.5. The molecule has 0 spiro atoms. The van der Waals surface area contributed by atoms with Crippen molar-refractivity contribution in [3.05, 3.63) is 59.7 Å². The van der Waals surface area contributed by atoms with E-state index in [0.717, 1.165) is 24.0 Å². The van der Waals surface area contributed by atoms with Crippen molar-refractivity contribution in [3.8, 4) is 11.1 Å². The van der Waals surface area contributed by atoms with E-state index >= 15 is 0 Å². The Bertz CT molecular complexity index is 1050. The number of hydrogen-bond donors (Lipinski definition) is 3. The highest BCUT2D eigenvalue weighted by Crippen LogP contribution is 2.44. The number of fused-ring (bicyclic) bond motifs is 3. The van der Waals surface area contributed by atoms with Crippen LogP contribution in [0.2, 0.25) is 0 Å². The molecule has 2 amide bonds. The number of carbonyl (C=O) groups is 3. The van der Waals surface area contributed by atoms with Crippen LogP contribution in [0.5, 0.6) is 0 Å². The van der Waals surface area contributed by atoms with E-state index in [1.807, 2.05) is 24.3 Å². The molecule has 0 bridgehead atoms. The Morgan fingerprint density at radius 2 is 1.56 bits per heavy atom. The van der Waals surface area contributed by atoms with Gasteiger partial charge in [-0.25, -0.2) is 4.79 Å². The molecule has 0 aromatic heterocycles. The number of hydrogen-bond acceptors (Lipinski definition) is 4. The summed E-state index contributed by atoms with van der Waals surface area (Å²) < 4.78 is 5.56. The van der Waals surface area contributed by atoms with Gasteiger partial charge in [0.05, 0.1) is 5.92 Å². The van der Waals surface area contributed by atoms with Crippen LogP contribution in [0.3, 0.4) is 0 Å². The van der Waals surface area contributed by atoms with E-state index in [2.05, 4.69) is 34.9 Å². The number of rotatable bonds is 7.